The number of aromatic carboxylic acids is 1. The van der Waals surface area contributed by atoms with Crippen molar-refractivity contribution in [1.82, 2.24) is 9.78 Å². The van der Waals surface area contributed by atoms with Crippen LogP contribution in [0.4, 0.5) is 5.69 Å². The van der Waals surface area contributed by atoms with E-state index in [1.807, 2.05) is 31.2 Å². The van der Waals surface area contributed by atoms with Crippen molar-refractivity contribution in [3.8, 4) is 11.4 Å². The van der Waals surface area contributed by atoms with Gasteiger partial charge in [-0.15, -0.1) is 0 Å². The zero-order valence-electron chi connectivity index (χ0n) is 14.2. The second-order valence-electron chi connectivity index (χ2n) is 5.89. The van der Waals surface area contributed by atoms with E-state index in [1.54, 1.807) is 6.92 Å². The third-order valence-electron chi connectivity index (χ3n) is 3.93. The van der Waals surface area contributed by atoms with Crippen molar-refractivity contribution in [2.45, 2.75) is 13.8 Å². The molecular formula is C19H17N3O4. The van der Waals surface area contributed by atoms with Gasteiger partial charge in [0, 0.05) is 11.9 Å². The van der Waals surface area contributed by atoms with Crippen LogP contribution >= 0.6 is 0 Å². The highest BCUT2D eigenvalue weighted by molar-refractivity contribution is 5.92. The quantitative estimate of drug-likeness (QED) is 0.628. The van der Waals surface area contributed by atoms with Gasteiger partial charge in [0.15, 0.2) is 0 Å². The van der Waals surface area contributed by atoms with Gasteiger partial charge in [0.05, 0.1) is 16.9 Å². The molecule has 7 heteroatoms. The van der Waals surface area contributed by atoms with Crippen molar-refractivity contribution in [3.63, 3.8) is 0 Å². The molecule has 1 aromatic heterocycles. The molecule has 0 unspecified atom stereocenters. The second kappa shape index (κ2) is 6.72. The van der Waals surface area contributed by atoms with E-state index in [4.69, 9.17) is 5.11 Å². The summed E-state index contributed by atoms with van der Waals surface area (Å²) in [6.45, 7) is 3.70. The lowest BCUT2D eigenvalue weighted by molar-refractivity contribution is 0.0694. The Morgan fingerprint density at radius 2 is 1.96 bits per heavy atom. The predicted molar refractivity (Wildman–Crippen MR) is 98.2 cm³/mol. The number of nitrogens with one attached hydrogen (secondary N) is 1. The molecule has 3 N–H and O–H groups in total. The Morgan fingerprint density at radius 3 is 2.65 bits per heavy atom. The number of H-pyrrole nitrogens is 1. The first kappa shape index (κ1) is 17.2. The van der Waals surface area contributed by atoms with Crippen LogP contribution in [0.15, 0.2) is 52.3 Å². The molecule has 0 amide bonds. The minimum absolute atomic E-state index is 0.248. The van der Waals surface area contributed by atoms with Gasteiger partial charge in [-0.1, -0.05) is 12.1 Å². The van der Waals surface area contributed by atoms with Gasteiger partial charge < -0.3 is 10.2 Å². The molecule has 7 nitrogen and oxygen atoms in total. The third-order valence-corrected chi connectivity index (χ3v) is 3.93. The number of aryl methyl sites for hydroxylation is 2. The lowest BCUT2D eigenvalue weighted by atomic mass is 10.2. The largest absolute Gasteiger partial charge is 0.507 e. The van der Waals surface area contributed by atoms with E-state index in [0.717, 1.165) is 11.3 Å². The maximum absolute atomic E-state index is 12.7. The van der Waals surface area contributed by atoms with Crippen molar-refractivity contribution in [3.05, 3.63) is 75.2 Å². The SMILES string of the molecule is Cc1cccc(-n2[nH]c(C)c(C=Nc3ccc(O)c(C(=O)O)c3)c2=O)c1. The van der Waals surface area contributed by atoms with E-state index < -0.39 is 5.97 Å². The number of rotatable bonds is 4. The molecule has 0 aliphatic carbocycles. The molecule has 3 aromatic rings. The maximum atomic E-state index is 12.7. The van der Waals surface area contributed by atoms with Crippen molar-refractivity contribution in [1.29, 1.82) is 0 Å². The van der Waals surface area contributed by atoms with Gasteiger partial charge in [-0.3, -0.25) is 14.9 Å². The molecule has 0 aliphatic heterocycles. The Labute approximate surface area is 148 Å². The highest BCUT2D eigenvalue weighted by Gasteiger charge is 2.12. The molecule has 3 rings (SSSR count). The van der Waals surface area contributed by atoms with Crippen LogP contribution in [0.2, 0.25) is 0 Å². The van der Waals surface area contributed by atoms with Crippen LogP contribution in [0.3, 0.4) is 0 Å². The topological polar surface area (TPSA) is 108 Å². The summed E-state index contributed by atoms with van der Waals surface area (Å²) in [7, 11) is 0. The Kier molecular flexibility index (Phi) is 4.45. The molecule has 1 heterocycles. The fraction of sp³-hybridized carbons (Fsp3) is 0.105. The van der Waals surface area contributed by atoms with E-state index in [9.17, 15) is 14.7 Å². The molecule has 26 heavy (non-hydrogen) atoms. The van der Waals surface area contributed by atoms with Crippen LogP contribution in [0.1, 0.15) is 27.2 Å². The minimum Gasteiger partial charge on any atom is -0.507 e. The van der Waals surface area contributed by atoms with Crippen LogP contribution in [0.25, 0.3) is 5.69 Å². The van der Waals surface area contributed by atoms with Crippen LogP contribution in [0, 0.1) is 13.8 Å². The van der Waals surface area contributed by atoms with Gasteiger partial charge in [-0.25, -0.2) is 9.48 Å². The first-order chi connectivity index (χ1) is 12.4. The number of carboxylic acid groups (broad SMARTS) is 1. The number of aromatic hydroxyl groups is 1. The molecule has 0 bridgehead atoms. The summed E-state index contributed by atoms with van der Waals surface area (Å²) in [6, 6.07) is 11.5. The van der Waals surface area contributed by atoms with E-state index in [1.165, 1.54) is 29.1 Å². The smallest absolute Gasteiger partial charge is 0.339 e. The number of carboxylic acids is 1. The van der Waals surface area contributed by atoms with Crippen LogP contribution in [-0.2, 0) is 0 Å². The van der Waals surface area contributed by atoms with Crippen molar-refractivity contribution < 1.29 is 15.0 Å². The second-order valence-corrected chi connectivity index (χ2v) is 5.89. The van der Waals surface area contributed by atoms with Crippen LogP contribution in [-0.4, -0.2) is 32.2 Å². The minimum atomic E-state index is -1.25. The number of aliphatic imine (C=N–C) groups is 1. The number of carbonyl (C=O) groups is 1. The Hall–Kier alpha value is -3.61. The Morgan fingerprint density at radius 1 is 1.19 bits per heavy atom. The summed E-state index contributed by atoms with van der Waals surface area (Å²) < 4.78 is 1.43. The zero-order chi connectivity index (χ0) is 18.8. The standard InChI is InChI=1S/C19H17N3O4/c1-11-4-3-5-14(8-11)22-18(24)16(12(2)21-22)10-20-13-6-7-17(23)15(9-13)19(25)26/h3-10,21,23H,1-2H3,(H,25,26). The van der Waals surface area contributed by atoms with Gasteiger partial charge in [0.25, 0.3) is 5.56 Å². The number of hydrogen-bond acceptors (Lipinski definition) is 4. The number of nitrogens with zero attached hydrogens (tertiary/aromatic N) is 2. The molecular weight excluding hydrogens is 334 g/mol. The van der Waals surface area contributed by atoms with E-state index >= 15 is 0 Å². The fourth-order valence-electron chi connectivity index (χ4n) is 2.58. The number of aromatic amines is 1. The van der Waals surface area contributed by atoms with Crippen LogP contribution < -0.4 is 5.56 Å². The summed E-state index contributed by atoms with van der Waals surface area (Å²) in [5, 5.41) is 21.6. The lowest BCUT2D eigenvalue weighted by Crippen LogP contribution is -2.17. The highest BCUT2D eigenvalue weighted by atomic mass is 16.4. The highest BCUT2D eigenvalue weighted by Crippen LogP contribution is 2.23. The average molecular weight is 351 g/mol. The van der Waals surface area contributed by atoms with Crippen molar-refractivity contribution in [2.24, 2.45) is 4.99 Å². The molecule has 0 atom stereocenters. The summed E-state index contributed by atoms with van der Waals surface area (Å²) >= 11 is 0. The number of hydrogen-bond donors (Lipinski definition) is 3. The van der Waals surface area contributed by atoms with Gasteiger partial charge >= 0.3 is 5.97 Å². The Bertz CT molecular complexity index is 1080. The van der Waals surface area contributed by atoms with Crippen molar-refractivity contribution >= 4 is 17.9 Å². The van der Waals surface area contributed by atoms with Crippen molar-refractivity contribution in [2.75, 3.05) is 0 Å². The van der Waals surface area contributed by atoms with E-state index in [0.29, 0.717) is 16.9 Å². The number of benzene rings is 2. The van der Waals surface area contributed by atoms with Gasteiger partial charge in [0.1, 0.15) is 11.3 Å². The summed E-state index contributed by atoms with van der Waals surface area (Å²) in [5.41, 5.74) is 2.57. The summed E-state index contributed by atoms with van der Waals surface area (Å²) in [6.07, 6.45) is 1.39. The molecule has 0 radical (unpaired) electrons. The zero-order valence-corrected chi connectivity index (χ0v) is 14.2. The molecule has 0 aliphatic rings. The van der Waals surface area contributed by atoms with Gasteiger partial charge in [-0.05, 0) is 49.7 Å². The molecule has 132 valence electrons. The average Bonchev–Trinajstić information content (AvgIpc) is 2.88. The first-order valence-electron chi connectivity index (χ1n) is 7.86. The number of phenols is 1. The third kappa shape index (κ3) is 3.27. The first-order valence-corrected chi connectivity index (χ1v) is 7.86. The monoisotopic (exact) mass is 351 g/mol. The van der Waals surface area contributed by atoms with Gasteiger partial charge in [0.2, 0.25) is 0 Å². The summed E-state index contributed by atoms with van der Waals surface area (Å²) in [4.78, 5) is 27.9. The Balaban J connectivity index is 1.99. The summed E-state index contributed by atoms with van der Waals surface area (Å²) in [5.74, 6) is -1.59. The lowest BCUT2D eigenvalue weighted by Gasteiger charge is -2.02. The van der Waals surface area contributed by atoms with Crippen LogP contribution in [0.5, 0.6) is 5.75 Å². The molecule has 0 saturated heterocycles. The molecule has 0 fully saturated rings. The predicted octanol–water partition coefficient (Wildman–Crippen LogP) is 2.94. The molecule has 0 saturated carbocycles. The van der Waals surface area contributed by atoms with E-state index in [2.05, 4.69) is 10.1 Å². The van der Waals surface area contributed by atoms with E-state index in [-0.39, 0.29) is 16.9 Å². The normalized spacial score (nSPS) is 11.2. The molecule has 2 aromatic carbocycles. The maximum Gasteiger partial charge on any atom is 0.339 e. The molecule has 0 spiro atoms. The number of aromatic nitrogens is 2. The van der Waals surface area contributed by atoms with Gasteiger partial charge in [-0.2, -0.15) is 0 Å². The fourth-order valence-corrected chi connectivity index (χ4v) is 2.58.